The van der Waals surface area contributed by atoms with E-state index in [1.807, 2.05) is 0 Å². The second-order valence-electron chi connectivity index (χ2n) is 4.06. The van der Waals surface area contributed by atoms with E-state index in [0.29, 0.717) is 23.0 Å². The first-order valence-electron chi connectivity index (χ1n) is 5.71. The van der Waals surface area contributed by atoms with Gasteiger partial charge in [0.2, 0.25) is 0 Å². The van der Waals surface area contributed by atoms with Crippen LogP contribution in [0.15, 0.2) is 24.3 Å². The first kappa shape index (κ1) is 14.0. The normalized spacial score (nSPS) is 19.0. The van der Waals surface area contributed by atoms with Crippen LogP contribution in [0.5, 0.6) is 0 Å². The van der Waals surface area contributed by atoms with Gasteiger partial charge in [-0.05, 0) is 18.2 Å². The fraction of sp³-hybridized carbons (Fsp3) is 0.333. The second-order valence-corrected chi connectivity index (χ2v) is 5.65. The molecule has 7 heteroatoms. The van der Waals surface area contributed by atoms with Gasteiger partial charge in [-0.15, -0.1) is 0 Å². The van der Waals surface area contributed by atoms with Crippen molar-refractivity contribution >= 4 is 41.1 Å². The maximum absolute atomic E-state index is 12.1. The van der Waals surface area contributed by atoms with Crippen LogP contribution in [0.1, 0.15) is 0 Å². The number of hydrogen-bond acceptors (Lipinski definition) is 3. The molecule has 0 radical (unpaired) electrons. The van der Waals surface area contributed by atoms with Crippen molar-refractivity contribution in [2.24, 2.45) is 0 Å². The van der Waals surface area contributed by atoms with Gasteiger partial charge >= 0.3 is 12.0 Å². The Morgan fingerprint density at radius 3 is 2.95 bits per heavy atom. The molecule has 1 unspecified atom stereocenters. The van der Waals surface area contributed by atoms with E-state index >= 15 is 0 Å². The van der Waals surface area contributed by atoms with Crippen LogP contribution in [0.3, 0.4) is 0 Å². The standard InChI is InChI=1S/C12H13ClN2O3S/c13-8-2-1-3-9(6-8)14-12(18)15-4-5-19-7-10(15)11(16)17/h1-3,6,10H,4-5,7H2,(H,14,18)(H,16,17). The molecular formula is C12H13ClN2O3S. The largest absolute Gasteiger partial charge is 0.480 e. The molecular weight excluding hydrogens is 288 g/mol. The molecule has 1 aliphatic rings. The van der Waals surface area contributed by atoms with Gasteiger partial charge in [-0.3, -0.25) is 0 Å². The number of nitrogens with one attached hydrogen (secondary N) is 1. The lowest BCUT2D eigenvalue weighted by atomic mass is 10.3. The van der Waals surface area contributed by atoms with Gasteiger partial charge in [-0.25, -0.2) is 9.59 Å². The molecule has 1 aromatic rings. The molecule has 2 rings (SSSR count). The number of carbonyl (C=O) groups excluding carboxylic acids is 1. The van der Waals surface area contributed by atoms with Gasteiger partial charge < -0.3 is 15.3 Å². The highest BCUT2D eigenvalue weighted by Crippen LogP contribution is 2.19. The van der Waals surface area contributed by atoms with Gasteiger partial charge in [0.15, 0.2) is 0 Å². The summed E-state index contributed by atoms with van der Waals surface area (Å²) in [5.41, 5.74) is 0.555. The zero-order valence-electron chi connectivity index (χ0n) is 10.0. The first-order valence-corrected chi connectivity index (χ1v) is 7.25. The molecule has 0 spiro atoms. The van der Waals surface area contributed by atoms with Crippen molar-refractivity contribution in [3.05, 3.63) is 29.3 Å². The number of rotatable bonds is 2. The maximum Gasteiger partial charge on any atom is 0.327 e. The summed E-state index contributed by atoms with van der Waals surface area (Å²) in [4.78, 5) is 24.6. The molecule has 1 aromatic carbocycles. The summed E-state index contributed by atoms with van der Waals surface area (Å²) >= 11 is 7.37. The van der Waals surface area contributed by atoms with Crippen LogP contribution in [0.4, 0.5) is 10.5 Å². The fourth-order valence-corrected chi connectivity index (χ4v) is 3.04. The van der Waals surface area contributed by atoms with Gasteiger partial charge in [0, 0.05) is 28.8 Å². The molecule has 5 nitrogen and oxygen atoms in total. The molecule has 1 atom stereocenters. The zero-order valence-corrected chi connectivity index (χ0v) is 11.6. The zero-order chi connectivity index (χ0) is 13.8. The van der Waals surface area contributed by atoms with E-state index in [0.717, 1.165) is 5.75 Å². The number of anilines is 1. The third kappa shape index (κ3) is 3.54. The van der Waals surface area contributed by atoms with Gasteiger partial charge in [0.25, 0.3) is 0 Å². The smallest absolute Gasteiger partial charge is 0.327 e. The lowest BCUT2D eigenvalue weighted by Crippen LogP contribution is -2.51. The number of benzene rings is 1. The third-order valence-corrected chi connectivity index (χ3v) is 4.01. The van der Waals surface area contributed by atoms with Crippen LogP contribution in [-0.2, 0) is 4.79 Å². The number of carboxylic acid groups (broad SMARTS) is 1. The van der Waals surface area contributed by atoms with E-state index in [-0.39, 0.29) is 0 Å². The highest BCUT2D eigenvalue weighted by Gasteiger charge is 2.32. The summed E-state index contributed by atoms with van der Waals surface area (Å²) in [7, 11) is 0. The number of carbonyl (C=O) groups is 2. The number of carboxylic acids is 1. The van der Waals surface area contributed by atoms with Crippen molar-refractivity contribution in [2.75, 3.05) is 23.4 Å². The number of thioether (sulfide) groups is 1. The maximum atomic E-state index is 12.1. The van der Waals surface area contributed by atoms with Crippen molar-refractivity contribution in [1.29, 1.82) is 0 Å². The molecule has 1 aliphatic heterocycles. The van der Waals surface area contributed by atoms with E-state index in [1.54, 1.807) is 24.3 Å². The molecule has 2 N–H and O–H groups in total. The van der Waals surface area contributed by atoms with Crippen molar-refractivity contribution in [3.63, 3.8) is 0 Å². The predicted molar refractivity (Wildman–Crippen MR) is 75.9 cm³/mol. The highest BCUT2D eigenvalue weighted by molar-refractivity contribution is 7.99. The second kappa shape index (κ2) is 6.16. The SMILES string of the molecule is O=C(O)C1CSCCN1C(=O)Nc1cccc(Cl)c1. The number of aliphatic carboxylic acids is 1. The van der Waals surface area contributed by atoms with Crippen LogP contribution in [-0.4, -0.2) is 46.1 Å². The van der Waals surface area contributed by atoms with Gasteiger partial charge in [0.05, 0.1) is 0 Å². The van der Waals surface area contributed by atoms with E-state index in [9.17, 15) is 9.59 Å². The molecule has 19 heavy (non-hydrogen) atoms. The summed E-state index contributed by atoms with van der Waals surface area (Å²) in [6.45, 7) is 0.425. The van der Waals surface area contributed by atoms with Gasteiger partial charge in [0.1, 0.15) is 6.04 Å². The summed E-state index contributed by atoms with van der Waals surface area (Å²) in [6, 6.07) is 5.56. The molecule has 0 aromatic heterocycles. The third-order valence-electron chi connectivity index (χ3n) is 2.75. The topological polar surface area (TPSA) is 69.6 Å². The molecule has 1 saturated heterocycles. The Kier molecular flexibility index (Phi) is 4.55. The molecule has 1 heterocycles. The minimum atomic E-state index is -0.978. The van der Waals surface area contributed by atoms with Crippen LogP contribution in [0, 0.1) is 0 Å². The number of amides is 2. The Labute approximate surface area is 119 Å². The Bertz CT molecular complexity index is 498. The van der Waals surface area contributed by atoms with Crippen LogP contribution < -0.4 is 5.32 Å². The lowest BCUT2D eigenvalue weighted by Gasteiger charge is -2.32. The number of urea groups is 1. The molecule has 2 amide bonds. The number of nitrogens with zero attached hydrogens (tertiary/aromatic N) is 1. The molecule has 1 fully saturated rings. The minimum absolute atomic E-state index is 0.407. The molecule has 0 bridgehead atoms. The Morgan fingerprint density at radius 2 is 2.26 bits per heavy atom. The number of halogens is 1. The van der Waals surface area contributed by atoms with Crippen LogP contribution in [0.25, 0.3) is 0 Å². The van der Waals surface area contributed by atoms with Crippen molar-refractivity contribution in [2.45, 2.75) is 6.04 Å². The monoisotopic (exact) mass is 300 g/mol. The van der Waals surface area contributed by atoms with Crippen molar-refractivity contribution < 1.29 is 14.7 Å². The summed E-state index contributed by atoms with van der Waals surface area (Å²) in [6.07, 6.45) is 0. The fourth-order valence-electron chi connectivity index (χ4n) is 1.81. The lowest BCUT2D eigenvalue weighted by molar-refractivity contribution is -0.141. The van der Waals surface area contributed by atoms with E-state index in [4.69, 9.17) is 16.7 Å². The predicted octanol–water partition coefficient (Wildman–Crippen LogP) is 2.37. The molecule has 102 valence electrons. The quantitative estimate of drug-likeness (QED) is 0.880. The summed E-state index contributed by atoms with van der Waals surface area (Å²) in [5, 5.41) is 12.3. The Morgan fingerprint density at radius 1 is 1.47 bits per heavy atom. The van der Waals surface area contributed by atoms with Crippen molar-refractivity contribution in [1.82, 2.24) is 4.90 Å². The molecule has 0 saturated carbocycles. The Hall–Kier alpha value is -1.40. The average molecular weight is 301 g/mol. The van der Waals surface area contributed by atoms with Crippen molar-refractivity contribution in [3.8, 4) is 0 Å². The highest BCUT2D eigenvalue weighted by atomic mass is 35.5. The van der Waals surface area contributed by atoms with E-state index < -0.39 is 18.0 Å². The first-order chi connectivity index (χ1) is 9.08. The summed E-state index contributed by atoms with van der Waals surface area (Å²) in [5.74, 6) is 0.179. The van der Waals surface area contributed by atoms with Crippen LogP contribution in [0.2, 0.25) is 5.02 Å². The van der Waals surface area contributed by atoms with E-state index in [2.05, 4.69) is 5.32 Å². The van der Waals surface area contributed by atoms with Gasteiger partial charge in [-0.2, -0.15) is 11.8 Å². The Balaban J connectivity index is 2.07. The number of hydrogen-bond donors (Lipinski definition) is 2. The minimum Gasteiger partial charge on any atom is -0.480 e. The van der Waals surface area contributed by atoms with Crippen LogP contribution >= 0.6 is 23.4 Å². The molecule has 0 aliphatic carbocycles. The average Bonchev–Trinajstić information content (AvgIpc) is 2.38. The summed E-state index contributed by atoms with van der Waals surface area (Å²) < 4.78 is 0. The van der Waals surface area contributed by atoms with E-state index in [1.165, 1.54) is 16.7 Å². The van der Waals surface area contributed by atoms with Gasteiger partial charge in [-0.1, -0.05) is 17.7 Å².